The van der Waals surface area contributed by atoms with Crippen LogP contribution in [-0.2, 0) is 9.53 Å². The zero-order valence-corrected chi connectivity index (χ0v) is 17.6. The van der Waals surface area contributed by atoms with Crippen molar-refractivity contribution in [2.24, 2.45) is 0 Å². The van der Waals surface area contributed by atoms with Crippen molar-refractivity contribution in [3.05, 3.63) is 39.9 Å². The van der Waals surface area contributed by atoms with Crippen molar-refractivity contribution >= 4 is 33.3 Å². The Morgan fingerprint density at radius 2 is 2.00 bits per heavy atom. The molecule has 2 atom stereocenters. The molecule has 0 aliphatic carbocycles. The van der Waals surface area contributed by atoms with Crippen molar-refractivity contribution in [1.29, 1.82) is 0 Å². The van der Waals surface area contributed by atoms with Crippen molar-refractivity contribution in [1.82, 2.24) is 0 Å². The number of anilines is 1. The lowest BCUT2D eigenvalue weighted by Gasteiger charge is -2.26. The van der Waals surface area contributed by atoms with Crippen LogP contribution in [-0.4, -0.2) is 24.0 Å². The van der Waals surface area contributed by atoms with Gasteiger partial charge in [0.25, 0.3) is 0 Å². The summed E-state index contributed by atoms with van der Waals surface area (Å²) < 4.78 is 7.00. The average molecular weight is 422 g/mol. The van der Waals surface area contributed by atoms with E-state index in [1.165, 1.54) is 24.7 Å². The quantitative estimate of drug-likeness (QED) is 0.402. The molecule has 0 N–H and O–H groups in total. The number of Topliss-reactive ketones (excluding diaryl/α,β-unsaturated/α-hetero) is 1. The summed E-state index contributed by atoms with van der Waals surface area (Å²) in [6, 6.07) is 5.36. The highest BCUT2D eigenvalue weighted by Gasteiger charge is 2.41. The van der Waals surface area contributed by atoms with Crippen LogP contribution < -0.4 is 4.90 Å². The molecular weight excluding hydrogens is 394 g/mol. The van der Waals surface area contributed by atoms with E-state index in [0.29, 0.717) is 11.3 Å². The molecule has 0 spiro atoms. The molecule has 1 amide bonds. The van der Waals surface area contributed by atoms with E-state index in [4.69, 9.17) is 4.74 Å². The van der Waals surface area contributed by atoms with E-state index in [-0.39, 0.29) is 17.8 Å². The minimum absolute atomic E-state index is 0.150. The molecule has 0 saturated heterocycles. The largest absolute Gasteiger partial charge is 0.343 e. The Morgan fingerprint density at radius 3 is 2.62 bits per heavy atom. The Labute approximate surface area is 164 Å². The van der Waals surface area contributed by atoms with E-state index in [1.54, 1.807) is 12.1 Å². The molecule has 0 saturated carbocycles. The topological polar surface area (TPSA) is 46.6 Å². The van der Waals surface area contributed by atoms with Gasteiger partial charge in [0.15, 0.2) is 0 Å². The number of allylic oxidation sites excluding steroid dienone is 1. The van der Waals surface area contributed by atoms with Crippen molar-refractivity contribution in [2.75, 3.05) is 4.90 Å². The van der Waals surface area contributed by atoms with E-state index in [0.717, 1.165) is 29.3 Å². The average Bonchev–Trinajstić information content (AvgIpc) is 2.82. The van der Waals surface area contributed by atoms with Crippen LogP contribution in [0.15, 0.2) is 34.3 Å². The number of hydrogen-bond donors (Lipinski definition) is 0. The highest BCUT2D eigenvalue weighted by molar-refractivity contribution is 9.10. The first-order valence-corrected chi connectivity index (χ1v) is 10.1. The van der Waals surface area contributed by atoms with Gasteiger partial charge in [-0.1, -0.05) is 60.2 Å². The standard InChI is InChI=1S/C21H28BrNO3/c1-5-6-7-8-9-17(12-14(2)3)26-21-20(25)18-11-10-16(22)13-19(18)23(21)15(4)24/h10-13,17,21H,5-9H2,1-4H3/t17-,21?/m0/s1. The summed E-state index contributed by atoms with van der Waals surface area (Å²) in [7, 11) is 0. The Balaban J connectivity index is 2.22. The molecule has 1 heterocycles. The molecule has 0 aromatic heterocycles. The van der Waals surface area contributed by atoms with Gasteiger partial charge in [-0.2, -0.15) is 0 Å². The Hall–Kier alpha value is -1.46. The Bertz CT molecular complexity index is 694. The van der Waals surface area contributed by atoms with Crippen LogP contribution in [0.2, 0.25) is 0 Å². The summed E-state index contributed by atoms with van der Waals surface area (Å²) in [5, 5.41) is 0. The van der Waals surface area contributed by atoms with Crippen LogP contribution in [0, 0.1) is 0 Å². The number of hydrogen-bond acceptors (Lipinski definition) is 3. The van der Waals surface area contributed by atoms with Crippen LogP contribution in [0.5, 0.6) is 0 Å². The second-order valence-electron chi connectivity index (χ2n) is 7.03. The first-order chi connectivity index (χ1) is 12.3. The molecule has 1 unspecified atom stereocenters. The number of carbonyl (C=O) groups excluding carboxylic acids is 2. The molecule has 1 aliphatic rings. The maximum Gasteiger partial charge on any atom is 0.226 e. The molecule has 142 valence electrons. The van der Waals surface area contributed by atoms with Crippen LogP contribution in [0.25, 0.3) is 0 Å². The summed E-state index contributed by atoms with van der Waals surface area (Å²) in [6.45, 7) is 7.69. The van der Waals surface area contributed by atoms with Gasteiger partial charge in [-0.15, -0.1) is 0 Å². The lowest BCUT2D eigenvalue weighted by Crippen LogP contribution is -2.42. The fourth-order valence-electron chi connectivity index (χ4n) is 3.25. The van der Waals surface area contributed by atoms with E-state index >= 15 is 0 Å². The van der Waals surface area contributed by atoms with Gasteiger partial charge in [0.2, 0.25) is 17.9 Å². The monoisotopic (exact) mass is 421 g/mol. The number of rotatable bonds is 8. The SMILES string of the molecule is CCCCCC[C@@H](C=C(C)C)OC1C(=O)c2ccc(Br)cc2N1C(C)=O. The van der Waals surface area contributed by atoms with Gasteiger partial charge in [-0.3, -0.25) is 14.5 Å². The number of fused-ring (bicyclic) bond motifs is 1. The summed E-state index contributed by atoms with van der Waals surface area (Å²) >= 11 is 3.41. The summed E-state index contributed by atoms with van der Waals surface area (Å²) in [5.41, 5.74) is 2.30. The van der Waals surface area contributed by atoms with Crippen LogP contribution in [0.3, 0.4) is 0 Å². The van der Waals surface area contributed by atoms with Crippen molar-refractivity contribution < 1.29 is 14.3 Å². The fourth-order valence-corrected chi connectivity index (χ4v) is 3.60. The van der Waals surface area contributed by atoms with Crippen LogP contribution in [0.4, 0.5) is 5.69 Å². The molecule has 4 nitrogen and oxygen atoms in total. The minimum Gasteiger partial charge on any atom is -0.343 e. The second-order valence-corrected chi connectivity index (χ2v) is 7.95. The third-order valence-electron chi connectivity index (χ3n) is 4.45. The molecule has 1 aromatic rings. The van der Waals surface area contributed by atoms with E-state index in [9.17, 15) is 9.59 Å². The molecule has 0 bridgehead atoms. The predicted molar refractivity (Wildman–Crippen MR) is 108 cm³/mol. The van der Waals surface area contributed by atoms with Gasteiger partial charge in [0.1, 0.15) is 0 Å². The number of unbranched alkanes of at least 4 members (excludes halogenated alkanes) is 3. The predicted octanol–water partition coefficient (Wildman–Crippen LogP) is 5.65. The van der Waals surface area contributed by atoms with E-state index < -0.39 is 6.23 Å². The number of ether oxygens (including phenoxy) is 1. The highest BCUT2D eigenvalue weighted by atomic mass is 79.9. The number of ketones is 1. The van der Waals surface area contributed by atoms with Crippen molar-refractivity contribution in [2.45, 2.75) is 72.1 Å². The zero-order valence-electron chi connectivity index (χ0n) is 16.0. The maximum absolute atomic E-state index is 12.9. The highest BCUT2D eigenvalue weighted by Crippen LogP contribution is 2.36. The first kappa shape index (κ1) is 20.8. The third kappa shape index (κ3) is 5.04. The molecule has 2 rings (SSSR count). The van der Waals surface area contributed by atoms with Crippen LogP contribution >= 0.6 is 15.9 Å². The fraction of sp³-hybridized carbons (Fsp3) is 0.524. The normalized spacial score (nSPS) is 17.2. The molecule has 0 fully saturated rings. The Morgan fingerprint density at radius 1 is 1.27 bits per heavy atom. The van der Waals surface area contributed by atoms with Crippen LogP contribution in [0.1, 0.15) is 70.2 Å². The molecule has 1 aromatic carbocycles. The van der Waals surface area contributed by atoms with Gasteiger partial charge >= 0.3 is 0 Å². The maximum atomic E-state index is 12.9. The molecular formula is C21H28BrNO3. The third-order valence-corrected chi connectivity index (χ3v) is 4.94. The molecule has 5 heteroatoms. The first-order valence-electron chi connectivity index (χ1n) is 9.29. The lowest BCUT2D eigenvalue weighted by atomic mass is 10.1. The summed E-state index contributed by atoms with van der Waals surface area (Å²) in [5.74, 6) is -0.342. The van der Waals surface area contributed by atoms with Gasteiger partial charge in [0, 0.05) is 17.0 Å². The lowest BCUT2D eigenvalue weighted by molar-refractivity contribution is -0.119. The van der Waals surface area contributed by atoms with E-state index in [1.807, 2.05) is 19.9 Å². The number of halogens is 1. The zero-order chi connectivity index (χ0) is 19.3. The summed E-state index contributed by atoms with van der Waals surface area (Å²) in [6.07, 6.45) is 6.41. The molecule has 0 radical (unpaired) electrons. The second kappa shape index (κ2) is 9.47. The van der Waals surface area contributed by atoms with Gasteiger partial charge in [-0.25, -0.2) is 0 Å². The van der Waals surface area contributed by atoms with Gasteiger partial charge in [0.05, 0.1) is 11.8 Å². The molecule has 26 heavy (non-hydrogen) atoms. The van der Waals surface area contributed by atoms with Crippen molar-refractivity contribution in [3.63, 3.8) is 0 Å². The van der Waals surface area contributed by atoms with Gasteiger partial charge < -0.3 is 4.74 Å². The molecule has 1 aliphatic heterocycles. The van der Waals surface area contributed by atoms with E-state index in [2.05, 4.69) is 28.9 Å². The number of nitrogens with zero attached hydrogens (tertiary/aromatic N) is 1. The number of carbonyl (C=O) groups is 2. The van der Waals surface area contributed by atoms with Gasteiger partial charge in [-0.05, 0) is 38.5 Å². The number of benzene rings is 1. The Kier molecular flexibility index (Phi) is 7.59. The smallest absolute Gasteiger partial charge is 0.226 e. The summed E-state index contributed by atoms with van der Waals surface area (Å²) in [4.78, 5) is 26.6. The minimum atomic E-state index is -0.886. The van der Waals surface area contributed by atoms with Crippen molar-refractivity contribution in [3.8, 4) is 0 Å². The number of amides is 1.